The molecule has 7 heteroatoms. The Hall–Kier alpha value is -2.31. The minimum Gasteiger partial charge on any atom is -0.370 e. The van der Waals surface area contributed by atoms with Crippen LogP contribution in [0.25, 0.3) is 0 Å². The Kier molecular flexibility index (Phi) is 8.29. The molecule has 0 heterocycles. The van der Waals surface area contributed by atoms with Crippen LogP contribution in [0.3, 0.4) is 0 Å². The number of hydrogen-bond donors (Lipinski definition) is 2. The highest BCUT2D eigenvalue weighted by Gasteiger charge is 2.42. The summed E-state index contributed by atoms with van der Waals surface area (Å²) in [5, 5.41) is 6.54. The van der Waals surface area contributed by atoms with Crippen LogP contribution in [0, 0.1) is 11.2 Å². The van der Waals surface area contributed by atoms with Crippen LogP contribution in [0.15, 0.2) is 23.2 Å². The predicted octanol–water partition coefficient (Wildman–Crippen LogP) is 2.99. The van der Waals surface area contributed by atoms with Crippen LogP contribution in [-0.2, 0) is 11.3 Å². The lowest BCUT2D eigenvalue weighted by Crippen LogP contribution is -2.49. The summed E-state index contributed by atoms with van der Waals surface area (Å²) in [6.45, 7) is 6.60. The quantitative estimate of drug-likeness (QED) is 0.516. The van der Waals surface area contributed by atoms with Crippen LogP contribution in [-0.4, -0.2) is 57.5 Å². The Balaban J connectivity index is 1.97. The first-order valence-electron chi connectivity index (χ1n) is 10.6. The van der Waals surface area contributed by atoms with Crippen LogP contribution in [0.1, 0.15) is 45.1 Å². The fourth-order valence-corrected chi connectivity index (χ4v) is 4.13. The topological polar surface area (TPSA) is 60.0 Å². The number of anilines is 1. The number of rotatable bonds is 8. The Labute approximate surface area is 174 Å². The standard InChI is InChI=1S/C22H36FN5O/c1-6-28(7-2)19-11-10-17(14-18(19)23)15-25-21(24-3)26-16-22(12-8-9-13-22)20(29)27(4)5/h10-11,14H,6-9,12-13,15-16H2,1-5H3,(H2,24,25,26). The number of carbonyl (C=O) groups is 1. The van der Waals surface area contributed by atoms with E-state index in [0.29, 0.717) is 24.7 Å². The third-order valence-corrected chi connectivity index (χ3v) is 5.81. The van der Waals surface area contributed by atoms with Crippen molar-refractivity contribution in [3.05, 3.63) is 29.6 Å². The van der Waals surface area contributed by atoms with Gasteiger partial charge in [-0.05, 0) is 44.4 Å². The lowest BCUT2D eigenvalue weighted by atomic mass is 9.84. The molecule has 1 fully saturated rings. The molecule has 2 rings (SSSR count). The van der Waals surface area contributed by atoms with Crippen molar-refractivity contribution in [2.24, 2.45) is 10.4 Å². The summed E-state index contributed by atoms with van der Waals surface area (Å²) in [6, 6.07) is 5.34. The second-order valence-electron chi connectivity index (χ2n) is 7.92. The smallest absolute Gasteiger partial charge is 0.230 e. The van der Waals surface area contributed by atoms with Crippen molar-refractivity contribution in [3.63, 3.8) is 0 Å². The molecule has 1 amide bonds. The Bertz CT molecular complexity index is 709. The molecule has 6 nitrogen and oxygen atoms in total. The minimum absolute atomic E-state index is 0.173. The second-order valence-corrected chi connectivity index (χ2v) is 7.92. The highest BCUT2D eigenvalue weighted by Crippen LogP contribution is 2.38. The van der Waals surface area contributed by atoms with Crippen molar-refractivity contribution in [2.45, 2.75) is 46.1 Å². The van der Waals surface area contributed by atoms with Gasteiger partial charge in [-0.25, -0.2) is 4.39 Å². The Morgan fingerprint density at radius 1 is 1.17 bits per heavy atom. The van der Waals surface area contributed by atoms with Crippen LogP contribution < -0.4 is 15.5 Å². The third kappa shape index (κ3) is 5.61. The van der Waals surface area contributed by atoms with E-state index < -0.39 is 0 Å². The number of guanidine groups is 1. The van der Waals surface area contributed by atoms with Crippen molar-refractivity contribution in [2.75, 3.05) is 45.7 Å². The first-order valence-corrected chi connectivity index (χ1v) is 10.6. The van der Waals surface area contributed by atoms with Gasteiger partial charge < -0.3 is 20.4 Å². The average Bonchev–Trinajstić information content (AvgIpc) is 3.19. The van der Waals surface area contributed by atoms with Gasteiger partial charge in [-0.3, -0.25) is 9.79 Å². The minimum atomic E-state index is -0.362. The van der Waals surface area contributed by atoms with E-state index in [2.05, 4.69) is 15.6 Å². The molecular formula is C22H36FN5O. The maximum Gasteiger partial charge on any atom is 0.230 e. The fraction of sp³-hybridized carbons (Fsp3) is 0.636. The molecule has 0 unspecified atom stereocenters. The highest BCUT2D eigenvalue weighted by molar-refractivity contribution is 5.85. The number of nitrogens with one attached hydrogen (secondary N) is 2. The maximum absolute atomic E-state index is 14.5. The van der Waals surface area contributed by atoms with E-state index in [1.54, 1.807) is 18.0 Å². The molecule has 1 saturated carbocycles. The molecular weight excluding hydrogens is 369 g/mol. The van der Waals surface area contributed by atoms with Crippen molar-refractivity contribution in [3.8, 4) is 0 Å². The van der Waals surface area contributed by atoms with E-state index >= 15 is 0 Å². The van der Waals surface area contributed by atoms with E-state index in [1.807, 2.05) is 45.0 Å². The SMILES string of the molecule is CCN(CC)c1ccc(CNC(=NC)NCC2(C(=O)N(C)C)CCCC2)cc1F. The van der Waals surface area contributed by atoms with Crippen LogP contribution in [0.2, 0.25) is 0 Å². The zero-order valence-corrected chi connectivity index (χ0v) is 18.5. The molecule has 0 atom stereocenters. The van der Waals surface area contributed by atoms with Crippen molar-refractivity contribution < 1.29 is 9.18 Å². The summed E-state index contributed by atoms with van der Waals surface area (Å²) in [5.74, 6) is 0.584. The number of carbonyl (C=O) groups excluding carboxylic acids is 1. The Morgan fingerprint density at radius 2 is 1.83 bits per heavy atom. The lowest BCUT2D eigenvalue weighted by molar-refractivity contribution is -0.138. The first-order chi connectivity index (χ1) is 13.9. The molecule has 0 aromatic heterocycles. The number of hydrogen-bond acceptors (Lipinski definition) is 3. The van der Waals surface area contributed by atoms with Crippen molar-refractivity contribution >= 4 is 17.6 Å². The molecule has 1 aromatic rings. The third-order valence-electron chi connectivity index (χ3n) is 5.81. The number of benzene rings is 1. The Morgan fingerprint density at radius 3 is 2.34 bits per heavy atom. The first kappa shape index (κ1) is 23.0. The van der Waals surface area contributed by atoms with Crippen LogP contribution in [0.4, 0.5) is 10.1 Å². The van der Waals surface area contributed by atoms with Gasteiger partial charge in [0.05, 0.1) is 11.1 Å². The summed E-state index contributed by atoms with van der Waals surface area (Å²) in [7, 11) is 5.33. The molecule has 1 aromatic carbocycles. The summed E-state index contributed by atoms with van der Waals surface area (Å²) >= 11 is 0. The van der Waals surface area contributed by atoms with Gasteiger partial charge in [0.1, 0.15) is 5.82 Å². The number of nitrogens with zero attached hydrogens (tertiary/aromatic N) is 3. The molecule has 1 aliphatic rings. The summed E-state index contributed by atoms with van der Waals surface area (Å²) in [5.41, 5.74) is 1.12. The van der Waals surface area contributed by atoms with Gasteiger partial charge in [-0.2, -0.15) is 0 Å². The van der Waals surface area contributed by atoms with Gasteiger partial charge in [0.2, 0.25) is 5.91 Å². The van der Waals surface area contributed by atoms with Gasteiger partial charge in [0.15, 0.2) is 5.96 Å². The van der Waals surface area contributed by atoms with Crippen molar-refractivity contribution in [1.29, 1.82) is 0 Å². The summed E-state index contributed by atoms with van der Waals surface area (Å²) in [4.78, 5) is 20.6. The normalized spacial score (nSPS) is 15.9. The monoisotopic (exact) mass is 405 g/mol. The lowest BCUT2D eigenvalue weighted by Gasteiger charge is -2.31. The summed E-state index contributed by atoms with van der Waals surface area (Å²) < 4.78 is 14.5. The van der Waals surface area contributed by atoms with E-state index in [4.69, 9.17) is 0 Å². The molecule has 0 radical (unpaired) electrons. The van der Waals surface area contributed by atoms with Gasteiger partial charge in [-0.1, -0.05) is 18.9 Å². The molecule has 29 heavy (non-hydrogen) atoms. The van der Waals surface area contributed by atoms with Gasteiger partial charge in [0.25, 0.3) is 0 Å². The molecule has 1 aliphatic carbocycles. The van der Waals surface area contributed by atoms with Crippen molar-refractivity contribution in [1.82, 2.24) is 15.5 Å². The van der Waals surface area contributed by atoms with Gasteiger partial charge in [-0.15, -0.1) is 0 Å². The molecule has 2 N–H and O–H groups in total. The number of aliphatic imine (C=N–C) groups is 1. The zero-order chi connectivity index (χ0) is 21.4. The zero-order valence-electron chi connectivity index (χ0n) is 18.5. The van der Waals surface area contributed by atoms with E-state index in [-0.39, 0.29) is 17.1 Å². The molecule has 0 aliphatic heterocycles. The van der Waals surface area contributed by atoms with Crippen LogP contribution >= 0.6 is 0 Å². The largest absolute Gasteiger partial charge is 0.370 e. The van der Waals surface area contributed by atoms with E-state index in [1.165, 1.54) is 0 Å². The maximum atomic E-state index is 14.5. The van der Waals surface area contributed by atoms with Crippen LogP contribution in [0.5, 0.6) is 0 Å². The second kappa shape index (κ2) is 10.5. The highest BCUT2D eigenvalue weighted by atomic mass is 19.1. The average molecular weight is 406 g/mol. The van der Waals surface area contributed by atoms with E-state index in [0.717, 1.165) is 44.3 Å². The number of halogens is 1. The van der Waals surface area contributed by atoms with Gasteiger partial charge in [0, 0.05) is 47.3 Å². The summed E-state index contributed by atoms with van der Waals surface area (Å²) in [6.07, 6.45) is 3.94. The molecule has 162 valence electrons. The predicted molar refractivity (Wildman–Crippen MR) is 118 cm³/mol. The fourth-order valence-electron chi connectivity index (χ4n) is 4.13. The molecule has 0 spiro atoms. The van der Waals surface area contributed by atoms with Gasteiger partial charge >= 0.3 is 0 Å². The molecule has 0 saturated heterocycles. The molecule has 0 bridgehead atoms. The number of amides is 1. The van der Waals surface area contributed by atoms with E-state index in [9.17, 15) is 9.18 Å².